The molecule has 1 aliphatic heterocycles. The van der Waals surface area contributed by atoms with Crippen LogP contribution in [-0.4, -0.2) is 45.9 Å². The van der Waals surface area contributed by atoms with E-state index >= 15 is 0 Å². The predicted molar refractivity (Wildman–Crippen MR) is 114 cm³/mol. The van der Waals surface area contributed by atoms with E-state index in [-0.39, 0.29) is 17.3 Å². The van der Waals surface area contributed by atoms with Gasteiger partial charge >= 0.3 is 0 Å². The number of amides is 1. The molecule has 0 spiro atoms. The summed E-state index contributed by atoms with van der Waals surface area (Å²) in [6.07, 6.45) is 1.26. The zero-order valence-electron chi connectivity index (χ0n) is 16.9. The number of carbonyl (C=O) groups is 1. The van der Waals surface area contributed by atoms with Gasteiger partial charge in [0.1, 0.15) is 0 Å². The number of benzene rings is 2. The minimum absolute atomic E-state index is 0.113. The van der Waals surface area contributed by atoms with Gasteiger partial charge in [-0.15, -0.1) is 0 Å². The Hall–Kier alpha value is -2.29. The molecule has 1 atom stereocenters. The molecule has 0 aliphatic carbocycles. The van der Waals surface area contributed by atoms with Crippen molar-refractivity contribution in [3.05, 3.63) is 53.1 Å². The molecule has 7 nitrogen and oxygen atoms in total. The van der Waals surface area contributed by atoms with Crippen molar-refractivity contribution in [3.8, 4) is 11.5 Å². The molecule has 0 saturated carbocycles. The molecule has 1 aliphatic rings. The summed E-state index contributed by atoms with van der Waals surface area (Å²) in [6, 6.07) is 11.7. The predicted octanol–water partition coefficient (Wildman–Crippen LogP) is 3.07. The number of sulfonamides is 1. The highest BCUT2D eigenvalue weighted by molar-refractivity contribution is 7.89. The molecule has 0 bridgehead atoms. The van der Waals surface area contributed by atoms with Crippen molar-refractivity contribution in [1.29, 1.82) is 0 Å². The lowest BCUT2D eigenvalue weighted by Crippen LogP contribution is -2.45. The second-order valence-electron chi connectivity index (χ2n) is 7.06. The Morgan fingerprint density at radius 3 is 2.50 bits per heavy atom. The van der Waals surface area contributed by atoms with Gasteiger partial charge in [0, 0.05) is 30.7 Å². The highest BCUT2D eigenvalue weighted by Gasteiger charge is 2.33. The van der Waals surface area contributed by atoms with E-state index in [1.807, 2.05) is 12.1 Å². The van der Waals surface area contributed by atoms with Crippen LogP contribution in [0.25, 0.3) is 0 Å². The standard InChI is InChI=1S/C21H25ClN2O5S/c1-28-19-10-9-18(12-20(19)29-2)30(26,27)24-11-3-4-16(14-24)21(25)23-13-15-5-7-17(22)8-6-15/h5-10,12,16H,3-4,11,13-14H2,1-2H3,(H,23,25). The number of hydrogen-bond acceptors (Lipinski definition) is 5. The number of nitrogens with one attached hydrogen (secondary N) is 1. The van der Waals surface area contributed by atoms with E-state index in [0.717, 1.165) is 5.56 Å². The third-order valence-electron chi connectivity index (χ3n) is 5.13. The Bertz CT molecular complexity index is 995. The summed E-state index contributed by atoms with van der Waals surface area (Å²) in [5.41, 5.74) is 0.929. The van der Waals surface area contributed by atoms with Crippen LogP contribution in [0, 0.1) is 5.92 Å². The molecule has 2 aromatic rings. The zero-order chi connectivity index (χ0) is 21.7. The van der Waals surface area contributed by atoms with Crippen molar-refractivity contribution in [2.75, 3.05) is 27.3 Å². The average molecular weight is 453 g/mol. The molecule has 1 heterocycles. The van der Waals surface area contributed by atoms with Crippen LogP contribution in [0.15, 0.2) is 47.4 Å². The fraction of sp³-hybridized carbons (Fsp3) is 0.381. The highest BCUT2D eigenvalue weighted by Crippen LogP contribution is 2.32. The number of methoxy groups -OCH3 is 2. The molecular formula is C21H25ClN2O5S. The Kier molecular flexibility index (Phi) is 7.23. The fourth-order valence-electron chi connectivity index (χ4n) is 3.44. The Morgan fingerprint density at radius 2 is 1.83 bits per heavy atom. The summed E-state index contributed by atoms with van der Waals surface area (Å²) >= 11 is 5.88. The first-order valence-electron chi connectivity index (χ1n) is 9.59. The SMILES string of the molecule is COc1ccc(S(=O)(=O)N2CCCC(C(=O)NCc3ccc(Cl)cc3)C2)cc1OC. The molecule has 2 aromatic carbocycles. The van der Waals surface area contributed by atoms with E-state index in [1.165, 1.54) is 30.7 Å². The normalized spacial score (nSPS) is 17.4. The van der Waals surface area contributed by atoms with Gasteiger partial charge in [-0.1, -0.05) is 23.7 Å². The number of carbonyl (C=O) groups excluding carboxylic acids is 1. The molecule has 9 heteroatoms. The van der Waals surface area contributed by atoms with Crippen LogP contribution in [0.5, 0.6) is 11.5 Å². The maximum absolute atomic E-state index is 13.1. The van der Waals surface area contributed by atoms with E-state index < -0.39 is 15.9 Å². The minimum Gasteiger partial charge on any atom is -0.493 e. The largest absolute Gasteiger partial charge is 0.493 e. The van der Waals surface area contributed by atoms with Crippen molar-refractivity contribution in [1.82, 2.24) is 9.62 Å². The van der Waals surface area contributed by atoms with Crippen molar-refractivity contribution < 1.29 is 22.7 Å². The van der Waals surface area contributed by atoms with Gasteiger partial charge in [0.25, 0.3) is 0 Å². The third kappa shape index (κ3) is 5.06. The quantitative estimate of drug-likeness (QED) is 0.697. The van der Waals surface area contributed by atoms with Crippen LogP contribution < -0.4 is 14.8 Å². The topological polar surface area (TPSA) is 84.9 Å². The van der Waals surface area contributed by atoms with Crippen LogP contribution in [0.4, 0.5) is 0 Å². The molecule has 1 unspecified atom stereocenters. The second kappa shape index (κ2) is 9.68. The van der Waals surface area contributed by atoms with Crippen molar-refractivity contribution in [3.63, 3.8) is 0 Å². The molecule has 1 fully saturated rings. The van der Waals surface area contributed by atoms with Crippen LogP contribution in [-0.2, 0) is 21.4 Å². The van der Waals surface area contributed by atoms with Crippen LogP contribution in [0.1, 0.15) is 18.4 Å². The average Bonchev–Trinajstić information content (AvgIpc) is 2.78. The van der Waals surface area contributed by atoms with Crippen LogP contribution in [0.2, 0.25) is 5.02 Å². The summed E-state index contributed by atoms with van der Waals surface area (Å²) in [6.45, 7) is 0.885. The van der Waals surface area contributed by atoms with E-state index in [2.05, 4.69) is 5.32 Å². The number of hydrogen-bond donors (Lipinski definition) is 1. The maximum atomic E-state index is 13.1. The van der Waals surface area contributed by atoms with E-state index in [0.29, 0.717) is 42.5 Å². The van der Waals surface area contributed by atoms with Crippen LogP contribution >= 0.6 is 11.6 Å². The molecule has 0 radical (unpaired) electrons. The molecule has 1 saturated heterocycles. The van der Waals surface area contributed by atoms with Crippen LogP contribution in [0.3, 0.4) is 0 Å². The molecule has 1 N–H and O–H groups in total. The molecule has 0 aromatic heterocycles. The number of nitrogens with zero attached hydrogens (tertiary/aromatic N) is 1. The lowest BCUT2D eigenvalue weighted by Gasteiger charge is -2.31. The summed E-state index contributed by atoms with van der Waals surface area (Å²) < 4.78 is 38.0. The van der Waals surface area contributed by atoms with Gasteiger partial charge in [0.2, 0.25) is 15.9 Å². The first-order valence-corrected chi connectivity index (χ1v) is 11.4. The third-order valence-corrected chi connectivity index (χ3v) is 7.24. The second-order valence-corrected chi connectivity index (χ2v) is 9.44. The fourth-order valence-corrected chi connectivity index (χ4v) is 5.10. The van der Waals surface area contributed by atoms with Crippen molar-refractivity contribution in [2.45, 2.75) is 24.3 Å². The van der Waals surface area contributed by atoms with Gasteiger partial charge in [-0.05, 0) is 42.7 Å². The number of piperidine rings is 1. The zero-order valence-corrected chi connectivity index (χ0v) is 18.5. The first kappa shape index (κ1) is 22.4. The Labute approximate surface area is 182 Å². The smallest absolute Gasteiger partial charge is 0.243 e. The molecule has 1 amide bonds. The number of rotatable bonds is 7. The number of halogens is 1. The Balaban J connectivity index is 1.68. The molecule has 3 rings (SSSR count). The Morgan fingerprint density at radius 1 is 1.13 bits per heavy atom. The summed E-state index contributed by atoms with van der Waals surface area (Å²) in [5.74, 6) is 0.237. The van der Waals surface area contributed by atoms with Crippen molar-refractivity contribution >= 4 is 27.5 Å². The maximum Gasteiger partial charge on any atom is 0.243 e. The van der Waals surface area contributed by atoms with Gasteiger partial charge in [-0.2, -0.15) is 4.31 Å². The summed E-state index contributed by atoms with van der Waals surface area (Å²) in [5, 5.41) is 3.53. The molecule has 30 heavy (non-hydrogen) atoms. The van der Waals surface area contributed by atoms with Gasteiger partial charge in [-0.25, -0.2) is 8.42 Å². The molecular weight excluding hydrogens is 428 g/mol. The van der Waals surface area contributed by atoms with E-state index in [4.69, 9.17) is 21.1 Å². The van der Waals surface area contributed by atoms with Gasteiger partial charge in [0.05, 0.1) is 25.0 Å². The lowest BCUT2D eigenvalue weighted by atomic mass is 9.99. The van der Waals surface area contributed by atoms with Gasteiger partial charge in [0.15, 0.2) is 11.5 Å². The lowest BCUT2D eigenvalue weighted by molar-refractivity contribution is -0.126. The van der Waals surface area contributed by atoms with Gasteiger partial charge < -0.3 is 14.8 Å². The van der Waals surface area contributed by atoms with E-state index in [9.17, 15) is 13.2 Å². The molecule has 162 valence electrons. The first-order chi connectivity index (χ1) is 14.3. The van der Waals surface area contributed by atoms with E-state index in [1.54, 1.807) is 18.2 Å². The summed E-state index contributed by atoms with van der Waals surface area (Å²) in [7, 11) is -0.810. The highest BCUT2D eigenvalue weighted by atomic mass is 35.5. The minimum atomic E-state index is -3.75. The summed E-state index contributed by atoms with van der Waals surface area (Å²) in [4.78, 5) is 12.7. The monoisotopic (exact) mass is 452 g/mol. The van der Waals surface area contributed by atoms with Gasteiger partial charge in [-0.3, -0.25) is 4.79 Å². The van der Waals surface area contributed by atoms with Crippen molar-refractivity contribution in [2.24, 2.45) is 5.92 Å². The number of ether oxygens (including phenoxy) is 2.